The second-order valence-electron chi connectivity index (χ2n) is 6.33. The van der Waals surface area contributed by atoms with Crippen LogP contribution in [0.2, 0.25) is 0 Å². The van der Waals surface area contributed by atoms with Crippen molar-refractivity contribution in [2.24, 2.45) is 4.99 Å². The molecule has 1 aromatic rings. The molecule has 1 aromatic carbocycles. The van der Waals surface area contributed by atoms with Crippen LogP contribution in [0.15, 0.2) is 29.3 Å². The molecule has 1 amide bonds. The Hall–Kier alpha value is -2.31. The Morgan fingerprint density at radius 2 is 2.12 bits per heavy atom. The topological polar surface area (TPSA) is 66.0 Å². The van der Waals surface area contributed by atoms with Crippen LogP contribution in [0.1, 0.15) is 32.6 Å². The van der Waals surface area contributed by atoms with E-state index < -0.39 is 0 Å². The summed E-state index contributed by atoms with van der Waals surface area (Å²) in [5.74, 6) is 1.40. The van der Waals surface area contributed by atoms with Crippen molar-refractivity contribution in [1.82, 2.24) is 15.5 Å². The lowest BCUT2D eigenvalue weighted by Gasteiger charge is -2.18. The molecule has 0 aromatic heterocycles. The summed E-state index contributed by atoms with van der Waals surface area (Å²) < 4.78 is 18.4. The van der Waals surface area contributed by atoms with E-state index >= 15 is 0 Å². The van der Waals surface area contributed by atoms with Gasteiger partial charge in [-0.05, 0) is 43.5 Å². The molecule has 144 valence electrons. The zero-order valence-corrected chi connectivity index (χ0v) is 15.6. The van der Waals surface area contributed by atoms with Gasteiger partial charge in [0.25, 0.3) is 0 Å². The van der Waals surface area contributed by atoms with Gasteiger partial charge in [0.05, 0.1) is 6.61 Å². The number of halogens is 1. The summed E-state index contributed by atoms with van der Waals surface area (Å²) >= 11 is 0. The van der Waals surface area contributed by atoms with Crippen molar-refractivity contribution in [3.8, 4) is 5.75 Å². The third kappa shape index (κ3) is 6.54. The molecule has 26 heavy (non-hydrogen) atoms. The zero-order valence-electron chi connectivity index (χ0n) is 15.6. The maximum Gasteiger partial charge on any atom is 0.222 e. The molecule has 1 aliphatic rings. The number of nitrogens with one attached hydrogen (secondary N) is 2. The van der Waals surface area contributed by atoms with Crippen molar-refractivity contribution < 1.29 is 13.9 Å². The largest absolute Gasteiger partial charge is 0.494 e. The number of nitrogens with zero attached hydrogens (tertiary/aromatic N) is 2. The smallest absolute Gasteiger partial charge is 0.222 e. The number of aliphatic imine (C=N–C) groups is 1. The number of ether oxygens (including phenoxy) is 1. The predicted octanol–water partition coefficient (Wildman–Crippen LogP) is 2.16. The highest BCUT2D eigenvalue weighted by Crippen LogP contribution is 2.12. The van der Waals surface area contributed by atoms with E-state index in [1.165, 1.54) is 12.1 Å². The van der Waals surface area contributed by atoms with Crippen LogP contribution < -0.4 is 15.4 Å². The molecule has 1 fully saturated rings. The van der Waals surface area contributed by atoms with Crippen LogP contribution in [-0.2, 0) is 4.79 Å². The molecule has 7 heteroatoms. The number of unbranched alkanes of at least 4 members (excludes halogenated alkanes) is 1. The third-order valence-corrected chi connectivity index (χ3v) is 4.35. The fraction of sp³-hybridized carbons (Fsp3) is 0.579. The van der Waals surface area contributed by atoms with E-state index in [9.17, 15) is 9.18 Å². The highest BCUT2D eigenvalue weighted by Gasteiger charge is 2.25. The van der Waals surface area contributed by atoms with Gasteiger partial charge < -0.3 is 20.3 Å². The lowest BCUT2D eigenvalue weighted by molar-refractivity contribution is -0.129. The van der Waals surface area contributed by atoms with E-state index in [4.69, 9.17) is 4.74 Å². The van der Waals surface area contributed by atoms with Crippen molar-refractivity contribution in [2.75, 3.05) is 33.3 Å². The molecule has 2 rings (SSSR count). The van der Waals surface area contributed by atoms with Crippen LogP contribution >= 0.6 is 0 Å². The van der Waals surface area contributed by atoms with Crippen LogP contribution in [0.4, 0.5) is 4.39 Å². The first-order valence-electron chi connectivity index (χ1n) is 9.25. The van der Waals surface area contributed by atoms with E-state index in [1.54, 1.807) is 19.2 Å². The molecular weight excluding hydrogens is 335 g/mol. The zero-order chi connectivity index (χ0) is 18.8. The van der Waals surface area contributed by atoms with Gasteiger partial charge in [0.1, 0.15) is 11.6 Å². The van der Waals surface area contributed by atoms with Gasteiger partial charge in [-0.1, -0.05) is 6.92 Å². The number of benzene rings is 1. The fourth-order valence-corrected chi connectivity index (χ4v) is 2.87. The second-order valence-corrected chi connectivity index (χ2v) is 6.33. The standard InChI is InChI=1S/C19H29FN4O2/c1-3-18(25)24-12-10-16(14-24)23-19(21-2)22-11-4-5-13-26-17-8-6-15(20)7-9-17/h6-9,16H,3-5,10-14H2,1-2H3,(H2,21,22,23). The number of rotatable bonds is 8. The van der Waals surface area contributed by atoms with Crippen LogP contribution in [0.3, 0.4) is 0 Å². The predicted molar refractivity (Wildman–Crippen MR) is 101 cm³/mol. The Labute approximate surface area is 154 Å². The number of carbonyl (C=O) groups excluding carboxylic acids is 1. The average molecular weight is 364 g/mol. The molecule has 0 aliphatic carbocycles. The van der Waals surface area contributed by atoms with Crippen molar-refractivity contribution >= 4 is 11.9 Å². The first-order valence-corrected chi connectivity index (χ1v) is 9.25. The molecule has 1 atom stereocenters. The monoisotopic (exact) mass is 364 g/mol. The molecule has 1 aliphatic heterocycles. The van der Waals surface area contributed by atoms with E-state index in [1.807, 2.05) is 11.8 Å². The van der Waals surface area contributed by atoms with E-state index in [0.717, 1.165) is 44.9 Å². The maximum atomic E-state index is 12.8. The normalized spacial score (nSPS) is 17.3. The number of guanidine groups is 1. The molecule has 1 saturated heterocycles. The summed E-state index contributed by atoms with van der Waals surface area (Å²) in [6, 6.07) is 6.30. The molecule has 0 saturated carbocycles. The van der Waals surface area contributed by atoms with Crippen LogP contribution in [-0.4, -0.2) is 56.1 Å². The summed E-state index contributed by atoms with van der Waals surface area (Å²) in [5, 5.41) is 6.67. The summed E-state index contributed by atoms with van der Waals surface area (Å²) in [6.07, 6.45) is 3.33. The Balaban J connectivity index is 1.57. The Morgan fingerprint density at radius 3 is 2.81 bits per heavy atom. The quantitative estimate of drug-likeness (QED) is 0.421. The Bertz CT molecular complexity index is 592. The third-order valence-electron chi connectivity index (χ3n) is 4.35. The van der Waals surface area contributed by atoms with Crippen LogP contribution in [0.25, 0.3) is 0 Å². The number of hydrogen-bond acceptors (Lipinski definition) is 3. The van der Waals surface area contributed by atoms with E-state index in [2.05, 4.69) is 15.6 Å². The Morgan fingerprint density at radius 1 is 1.35 bits per heavy atom. The number of amides is 1. The number of carbonyl (C=O) groups is 1. The second kappa shape index (κ2) is 10.6. The van der Waals surface area contributed by atoms with Gasteiger partial charge in [0, 0.05) is 39.1 Å². The maximum absolute atomic E-state index is 12.8. The van der Waals surface area contributed by atoms with Gasteiger partial charge in [-0.25, -0.2) is 4.39 Å². The molecule has 2 N–H and O–H groups in total. The van der Waals surface area contributed by atoms with E-state index in [-0.39, 0.29) is 17.8 Å². The van der Waals surface area contributed by atoms with Crippen molar-refractivity contribution in [1.29, 1.82) is 0 Å². The number of likely N-dealkylation sites (tertiary alicyclic amines) is 1. The molecule has 0 spiro atoms. The van der Waals surface area contributed by atoms with Crippen molar-refractivity contribution in [3.05, 3.63) is 30.1 Å². The summed E-state index contributed by atoms with van der Waals surface area (Å²) in [5.41, 5.74) is 0. The first kappa shape index (κ1) is 20.0. The van der Waals surface area contributed by atoms with Crippen molar-refractivity contribution in [3.63, 3.8) is 0 Å². The van der Waals surface area contributed by atoms with Gasteiger partial charge in [0.2, 0.25) is 5.91 Å². The molecule has 1 heterocycles. The van der Waals surface area contributed by atoms with E-state index in [0.29, 0.717) is 18.8 Å². The SMILES string of the molecule is CCC(=O)N1CCC(NC(=NC)NCCCCOc2ccc(F)cc2)C1. The summed E-state index contributed by atoms with van der Waals surface area (Å²) in [7, 11) is 1.75. The minimum Gasteiger partial charge on any atom is -0.494 e. The fourth-order valence-electron chi connectivity index (χ4n) is 2.87. The first-order chi connectivity index (χ1) is 12.6. The van der Waals surface area contributed by atoms with Crippen LogP contribution in [0, 0.1) is 5.82 Å². The molecular formula is C19H29FN4O2. The summed E-state index contributed by atoms with van der Waals surface area (Å²) in [4.78, 5) is 17.9. The van der Waals surface area contributed by atoms with Gasteiger partial charge in [0.15, 0.2) is 5.96 Å². The molecule has 1 unspecified atom stereocenters. The van der Waals surface area contributed by atoms with Crippen LogP contribution in [0.5, 0.6) is 5.75 Å². The summed E-state index contributed by atoms with van der Waals surface area (Å²) in [6.45, 7) is 4.82. The lowest BCUT2D eigenvalue weighted by Crippen LogP contribution is -2.45. The van der Waals surface area contributed by atoms with Gasteiger partial charge >= 0.3 is 0 Å². The molecule has 0 bridgehead atoms. The highest BCUT2D eigenvalue weighted by atomic mass is 19.1. The molecule has 0 radical (unpaired) electrons. The molecule has 6 nitrogen and oxygen atoms in total. The Kier molecular flexibility index (Phi) is 8.18. The number of hydrogen-bond donors (Lipinski definition) is 2. The minimum absolute atomic E-state index is 0.207. The highest BCUT2D eigenvalue weighted by molar-refractivity contribution is 5.80. The van der Waals surface area contributed by atoms with Gasteiger partial charge in [-0.2, -0.15) is 0 Å². The van der Waals surface area contributed by atoms with Gasteiger partial charge in [-0.3, -0.25) is 9.79 Å². The lowest BCUT2D eigenvalue weighted by atomic mass is 10.3. The van der Waals surface area contributed by atoms with Gasteiger partial charge in [-0.15, -0.1) is 0 Å². The minimum atomic E-state index is -0.259. The average Bonchev–Trinajstić information content (AvgIpc) is 3.12. The van der Waals surface area contributed by atoms with Crippen molar-refractivity contribution in [2.45, 2.75) is 38.6 Å².